The van der Waals surface area contributed by atoms with E-state index in [0.29, 0.717) is 12.2 Å². The van der Waals surface area contributed by atoms with Crippen molar-refractivity contribution in [3.8, 4) is 0 Å². The SMILES string of the molecule is O=C(CCCCC([S-])CC[S-])NC(CO)C(=O)[O-].[Na+].[Zn+2]. The molecule has 0 aliphatic heterocycles. The summed E-state index contributed by atoms with van der Waals surface area (Å²) in [5, 5.41) is 21.5. The van der Waals surface area contributed by atoms with Crippen LogP contribution in [-0.2, 0) is 54.3 Å². The first-order valence-corrected chi connectivity index (χ1v) is 6.91. The maximum Gasteiger partial charge on any atom is 2.00 e. The zero-order valence-corrected chi connectivity index (χ0v) is 18.4. The molecule has 20 heavy (non-hydrogen) atoms. The Hall–Kier alpha value is 1.22. The van der Waals surface area contributed by atoms with Crippen LogP contribution in [-0.4, -0.2) is 40.6 Å². The second-order valence-corrected chi connectivity index (χ2v) is 5.06. The standard InChI is InChI=1S/C11H21NO4S2.Na.Zn/c13-7-9(11(15)16)12-10(14)4-2-1-3-8(18)5-6-17;;/h8-9,13,17-18H,1-7H2,(H,12,14)(H,15,16);;/q;+1;+2/p-3. The van der Waals surface area contributed by atoms with Gasteiger partial charge in [0.2, 0.25) is 5.91 Å². The molecule has 0 bridgehead atoms. The molecule has 0 aliphatic rings. The summed E-state index contributed by atoms with van der Waals surface area (Å²) in [7, 11) is 0. The molecular formula is C11H18NNaO4S2Zn. The van der Waals surface area contributed by atoms with E-state index in [-0.39, 0.29) is 60.7 Å². The van der Waals surface area contributed by atoms with Gasteiger partial charge in [0.25, 0.3) is 0 Å². The van der Waals surface area contributed by atoms with Crippen molar-refractivity contribution in [2.45, 2.75) is 43.4 Å². The Morgan fingerprint density at radius 1 is 1.25 bits per heavy atom. The third-order valence-corrected chi connectivity index (χ3v) is 3.13. The minimum Gasteiger partial charge on any atom is -0.793 e. The van der Waals surface area contributed by atoms with E-state index in [2.05, 4.69) is 5.32 Å². The maximum atomic E-state index is 11.3. The zero-order valence-electron chi connectivity index (χ0n) is 11.8. The molecule has 0 aromatic carbocycles. The van der Waals surface area contributed by atoms with E-state index >= 15 is 0 Å². The number of aliphatic hydroxyl groups is 1. The molecule has 0 spiro atoms. The summed E-state index contributed by atoms with van der Waals surface area (Å²) in [5.74, 6) is -1.23. The van der Waals surface area contributed by atoms with Gasteiger partial charge in [-0.1, -0.05) is 19.3 Å². The quantitative estimate of drug-likeness (QED) is 0.226. The predicted octanol–water partition coefficient (Wildman–Crippen LogP) is -4.37. The van der Waals surface area contributed by atoms with Crippen LogP contribution in [0.5, 0.6) is 0 Å². The molecule has 2 atom stereocenters. The van der Waals surface area contributed by atoms with Crippen molar-refractivity contribution < 1.29 is 68.8 Å². The fourth-order valence-corrected chi connectivity index (χ4v) is 2.10. The number of rotatable bonds is 10. The van der Waals surface area contributed by atoms with Crippen molar-refractivity contribution in [1.29, 1.82) is 0 Å². The van der Waals surface area contributed by atoms with E-state index in [0.717, 1.165) is 19.3 Å². The molecule has 9 heteroatoms. The van der Waals surface area contributed by atoms with Crippen molar-refractivity contribution in [1.82, 2.24) is 5.32 Å². The molecule has 5 nitrogen and oxygen atoms in total. The summed E-state index contributed by atoms with van der Waals surface area (Å²) in [6.07, 6.45) is 3.34. The Balaban J connectivity index is -0.00000144. The van der Waals surface area contributed by atoms with Gasteiger partial charge in [0.1, 0.15) is 0 Å². The molecule has 0 aliphatic carbocycles. The number of hydrogen-bond donors (Lipinski definition) is 2. The van der Waals surface area contributed by atoms with Gasteiger partial charge in [0, 0.05) is 6.42 Å². The van der Waals surface area contributed by atoms with Gasteiger partial charge >= 0.3 is 49.0 Å². The number of nitrogens with one attached hydrogen (secondary N) is 1. The molecule has 0 aromatic heterocycles. The van der Waals surface area contributed by atoms with Crippen molar-refractivity contribution in [2.24, 2.45) is 0 Å². The topological polar surface area (TPSA) is 89.5 Å². The maximum absolute atomic E-state index is 11.3. The molecule has 106 valence electrons. The number of carboxylic acids is 1. The average molecular weight is 381 g/mol. The third kappa shape index (κ3) is 14.2. The normalized spacial score (nSPS) is 12.6. The Bertz CT molecular complexity index is 275. The van der Waals surface area contributed by atoms with Crippen LogP contribution in [0.2, 0.25) is 0 Å². The number of amides is 1. The van der Waals surface area contributed by atoms with E-state index in [1.807, 2.05) is 0 Å². The predicted molar refractivity (Wildman–Crippen MR) is 70.5 cm³/mol. The van der Waals surface area contributed by atoms with Crippen LogP contribution in [0.3, 0.4) is 0 Å². The van der Waals surface area contributed by atoms with Gasteiger partial charge in [0.05, 0.1) is 18.6 Å². The van der Waals surface area contributed by atoms with Gasteiger partial charge in [-0.2, -0.15) is 11.0 Å². The Kier molecular flexibility index (Phi) is 21.7. The van der Waals surface area contributed by atoms with E-state index in [1.165, 1.54) is 0 Å². The Morgan fingerprint density at radius 3 is 2.30 bits per heavy atom. The van der Waals surface area contributed by atoms with E-state index in [9.17, 15) is 14.7 Å². The van der Waals surface area contributed by atoms with Crippen LogP contribution in [0.1, 0.15) is 32.1 Å². The number of carbonyl (C=O) groups excluding carboxylic acids is 2. The molecule has 0 radical (unpaired) electrons. The first-order chi connectivity index (χ1) is 8.51. The van der Waals surface area contributed by atoms with Crippen molar-refractivity contribution in [3.63, 3.8) is 0 Å². The van der Waals surface area contributed by atoms with Crippen LogP contribution < -0.4 is 40.0 Å². The smallest absolute Gasteiger partial charge is 0.793 e. The Morgan fingerprint density at radius 2 is 1.85 bits per heavy atom. The van der Waals surface area contributed by atoms with Crippen LogP contribution in [0.25, 0.3) is 0 Å². The summed E-state index contributed by atoms with van der Waals surface area (Å²) in [4.78, 5) is 21.8. The van der Waals surface area contributed by atoms with Gasteiger partial charge in [0.15, 0.2) is 0 Å². The fraction of sp³-hybridized carbons (Fsp3) is 0.818. The number of carbonyl (C=O) groups is 2. The number of carboxylic acid groups (broad SMARTS) is 1. The largest absolute Gasteiger partial charge is 2.00 e. The first kappa shape index (κ1) is 26.1. The average Bonchev–Trinajstić information content (AvgIpc) is 2.31. The summed E-state index contributed by atoms with van der Waals surface area (Å²) in [6, 6.07) is -1.33. The molecule has 0 rings (SSSR count). The monoisotopic (exact) mass is 379 g/mol. The second kappa shape index (κ2) is 16.6. The van der Waals surface area contributed by atoms with Crippen molar-refractivity contribution in [2.75, 3.05) is 12.4 Å². The van der Waals surface area contributed by atoms with E-state index < -0.39 is 24.5 Å². The van der Waals surface area contributed by atoms with Crippen LogP contribution in [0.15, 0.2) is 0 Å². The third-order valence-electron chi connectivity index (χ3n) is 2.42. The number of aliphatic hydroxyl groups excluding tert-OH is 1. The van der Waals surface area contributed by atoms with Gasteiger partial charge in [-0.3, -0.25) is 4.79 Å². The molecule has 2 unspecified atom stereocenters. The fourth-order valence-electron chi connectivity index (χ4n) is 1.38. The molecule has 0 aromatic rings. The summed E-state index contributed by atoms with van der Waals surface area (Å²) < 4.78 is 0. The first-order valence-electron chi connectivity index (χ1n) is 5.86. The summed E-state index contributed by atoms with van der Waals surface area (Å²) in [6.45, 7) is -0.666. The molecule has 1 amide bonds. The van der Waals surface area contributed by atoms with Gasteiger partial charge in [-0.25, -0.2) is 0 Å². The number of unbranched alkanes of at least 4 members (excludes halogenated alkanes) is 1. The second-order valence-electron chi connectivity index (χ2n) is 3.98. The van der Waals surface area contributed by atoms with E-state index in [1.54, 1.807) is 0 Å². The Labute approximate surface area is 165 Å². The number of hydrogen-bond acceptors (Lipinski definition) is 6. The van der Waals surface area contributed by atoms with Gasteiger partial charge in [-0.15, -0.1) is 0 Å². The number of aliphatic carboxylic acids is 1. The van der Waals surface area contributed by atoms with Gasteiger partial charge < -0.3 is 45.6 Å². The van der Waals surface area contributed by atoms with Crippen LogP contribution in [0.4, 0.5) is 0 Å². The van der Waals surface area contributed by atoms with Crippen molar-refractivity contribution in [3.05, 3.63) is 0 Å². The molecular weight excluding hydrogens is 363 g/mol. The molecule has 2 N–H and O–H groups in total. The van der Waals surface area contributed by atoms with Crippen LogP contribution >= 0.6 is 0 Å². The van der Waals surface area contributed by atoms with E-state index in [4.69, 9.17) is 30.4 Å². The van der Waals surface area contributed by atoms with Crippen LogP contribution in [0, 0.1) is 0 Å². The summed E-state index contributed by atoms with van der Waals surface area (Å²) >= 11 is 9.97. The minimum absolute atomic E-state index is 0. The molecule has 0 saturated heterocycles. The van der Waals surface area contributed by atoms with Crippen molar-refractivity contribution >= 4 is 37.1 Å². The molecule has 0 saturated carbocycles. The summed E-state index contributed by atoms with van der Waals surface area (Å²) in [5.41, 5.74) is 0. The molecule has 0 heterocycles. The van der Waals surface area contributed by atoms with Gasteiger partial charge in [-0.05, 0) is 6.42 Å². The molecule has 0 fully saturated rings. The minimum atomic E-state index is -1.48. The zero-order chi connectivity index (χ0) is 14.0.